The Kier molecular flexibility index (Phi) is 4.10. The van der Waals surface area contributed by atoms with Gasteiger partial charge in [0, 0.05) is 6.42 Å². The van der Waals surface area contributed by atoms with Crippen molar-refractivity contribution in [3.8, 4) is 0 Å². The summed E-state index contributed by atoms with van der Waals surface area (Å²) in [4.78, 5) is 0. The molecule has 134 valence electrons. The molecule has 5 atom stereocenters. The van der Waals surface area contributed by atoms with Gasteiger partial charge in [-0.15, -0.1) is 0 Å². The van der Waals surface area contributed by atoms with Crippen LogP contribution in [0.15, 0.2) is 23.0 Å². The highest BCUT2D eigenvalue weighted by Crippen LogP contribution is 2.65. The molecule has 4 aliphatic rings. The van der Waals surface area contributed by atoms with Gasteiger partial charge in [0.15, 0.2) is 0 Å². The fourth-order valence-corrected chi connectivity index (χ4v) is 6.98. The van der Waals surface area contributed by atoms with Crippen molar-refractivity contribution in [2.24, 2.45) is 23.2 Å². The number of methoxy groups -OCH3 is 1. The first-order valence-corrected chi connectivity index (χ1v) is 10.2. The summed E-state index contributed by atoms with van der Waals surface area (Å²) in [5.74, 6) is 3.50. The molecule has 0 heterocycles. The fourth-order valence-electron chi connectivity index (χ4n) is 6.98. The Balaban J connectivity index is 1.59. The van der Waals surface area contributed by atoms with E-state index in [0.717, 1.165) is 49.9 Å². The van der Waals surface area contributed by atoms with Gasteiger partial charge in [0.2, 0.25) is 0 Å². The van der Waals surface area contributed by atoms with Crippen LogP contribution in [-0.4, -0.2) is 17.8 Å². The first kappa shape index (κ1) is 16.7. The van der Waals surface area contributed by atoms with E-state index < -0.39 is 5.60 Å². The Morgan fingerprint density at radius 2 is 2.08 bits per heavy atom. The molecule has 2 heteroatoms. The number of aliphatic hydroxyl groups is 1. The molecule has 0 aromatic carbocycles. The highest BCUT2D eigenvalue weighted by Gasteiger charge is 2.61. The summed E-state index contributed by atoms with van der Waals surface area (Å²) in [6, 6.07) is 0. The van der Waals surface area contributed by atoms with Gasteiger partial charge in [0.1, 0.15) is 0 Å². The van der Waals surface area contributed by atoms with Gasteiger partial charge in [0.25, 0.3) is 0 Å². The van der Waals surface area contributed by atoms with Gasteiger partial charge in [-0.3, -0.25) is 0 Å². The Hall–Kier alpha value is -0.760. The second-order valence-electron chi connectivity index (χ2n) is 9.08. The topological polar surface area (TPSA) is 29.5 Å². The van der Waals surface area contributed by atoms with E-state index in [-0.39, 0.29) is 5.41 Å². The van der Waals surface area contributed by atoms with Crippen molar-refractivity contribution in [2.45, 2.75) is 83.7 Å². The van der Waals surface area contributed by atoms with Crippen molar-refractivity contribution >= 4 is 0 Å². The van der Waals surface area contributed by atoms with Crippen LogP contribution >= 0.6 is 0 Å². The minimum atomic E-state index is -0.401. The van der Waals surface area contributed by atoms with E-state index in [9.17, 15) is 5.11 Å². The van der Waals surface area contributed by atoms with Gasteiger partial charge < -0.3 is 9.84 Å². The van der Waals surface area contributed by atoms with Crippen molar-refractivity contribution in [1.29, 1.82) is 0 Å². The Labute approximate surface area is 147 Å². The summed E-state index contributed by atoms with van der Waals surface area (Å²) in [5, 5.41) is 11.4. The summed E-state index contributed by atoms with van der Waals surface area (Å²) >= 11 is 0. The Bertz CT molecular complexity index is 575. The second kappa shape index (κ2) is 5.90. The van der Waals surface area contributed by atoms with Crippen LogP contribution in [0.5, 0.6) is 0 Å². The first-order chi connectivity index (χ1) is 11.5. The van der Waals surface area contributed by atoms with Crippen LogP contribution < -0.4 is 0 Å². The van der Waals surface area contributed by atoms with Crippen LogP contribution in [0.25, 0.3) is 0 Å². The van der Waals surface area contributed by atoms with Gasteiger partial charge in [-0.25, -0.2) is 0 Å². The molecule has 0 radical (unpaired) electrons. The highest BCUT2D eigenvalue weighted by molar-refractivity contribution is 5.33. The number of ether oxygens (including phenoxy) is 1. The standard InChI is InChI=1S/C22H34O2/c1-4-11-22(23)13-10-20-19-7-5-15-14-16(24-3)6-8-17(15)18(19)9-12-21(20,22)2/h6,18-20,23H,4-5,7-14H2,1-3H3/t18-,19-,20+,21+,22+/m1/s1. The average molecular weight is 331 g/mol. The molecule has 2 fully saturated rings. The maximum atomic E-state index is 11.4. The number of hydrogen-bond acceptors (Lipinski definition) is 2. The van der Waals surface area contributed by atoms with E-state index >= 15 is 0 Å². The molecule has 2 saturated carbocycles. The lowest BCUT2D eigenvalue weighted by atomic mass is 9.52. The average Bonchev–Trinajstić information content (AvgIpc) is 2.86. The largest absolute Gasteiger partial charge is 0.501 e. The monoisotopic (exact) mass is 330 g/mol. The number of fused-ring (bicyclic) bond motifs is 4. The van der Waals surface area contributed by atoms with Gasteiger partial charge in [0.05, 0.1) is 18.5 Å². The number of hydrogen-bond donors (Lipinski definition) is 1. The van der Waals surface area contributed by atoms with Crippen LogP contribution in [0.4, 0.5) is 0 Å². The molecule has 24 heavy (non-hydrogen) atoms. The lowest BCUT2D eigenvalue weighted by molar-refractivity contribution is -0.111. The first-order valence-electron chi connectivity index (χ1n) is 10.2. The molecule has 0 amide bonds. The molecule has 0 saturated heterocycles. The summed E-state index contributed by atoms with van der Waals surface area (Å²) in [5.41, 5.74) is 3.19. The van der Waals surface area contributed by atoms with Crippen LogP contribution in [0, 0.1) is 23.2 Å². The Morgan fingerprint density at radius 1 is 1.25 bits per heavy atom. The SMILES string of the molecule is CCC[C@]1(O)CC[C@H]2[C@@H]3CCC4=C(CC=C(OC)C4)[C@H]3CC[C@@]21C. The summed E-state index contributed by atoms with van der Waals surface area (Å²) in [6.45, 7) is 4.64. The summed E-state index contributed by atoms with van der Waals surface area (Å²) < 4.78 is 5.51. The van der Waals surface area contributed by atoms with E-state index in [1.807, 2.05) is 7.11 Å². The molecule has 4 rings (SSSR count). The molecule has 0 unspecified atom stereocenters. The van der Waals surface area contributed by atoms with Crippen molar-refractivity contribution in [2.75, 3.05) is 7.11 Å². The summed E-state index contributed by atoms with van der Waals surface area (Å²) in [6.07, 6.45) is 14.0. The molecule has 0 bridgehead atoms. The van der Waals surface area contributed by atoms with Crippen LogP contribution in [-0.2, 0) is 4.74 Å². The lowest BCUT2D eigenvalue weighted by Crippen LogP contribution is -2.51. The van der Waals surface area contributed by atoms with Gasteiger partial charge >= 0.3 is 0 Å². The fraction of sp³-hybridized carbons (Fsp3) is 0.818. The van der Waals surface area contributed by atoms with E-state index in [1.54, 1.807) is 11.1 Å². The minimum Gasteiger partial charge on any atom is -0.501 e. The normalized spacial score (nSPS) is 44.5. The quantitative estimate of drug-likeness (QED) is 0.704. The third-order valence-electron chi connectivity index (χ3n) is 8.30. The third-order valence-corrected chi connectivity index (χ3v) is 8.30. The van der Waals surface area contributed by atoms with E-state index in [4.69, 9.17) is 4.74 Å². The molecule has 2 nitrogen and oxygen atoms in total. The predicted molar refractivity (Wildman–Crippen MR) is 97.5 cm³/mol. The highest BCUT2D eigenvalue weighted by atomic mass is 16.5. The molecule has 0 aliphatic heterocycles. The maximum absolute atomic E-state index is 11.4. The number of rotatable bonds is 3. The van der Waals surface area contributed by atoms with Crippen molar-refractivity contribution in [3.63, 3.8) is 0 Å². The zero-order chi connectivity index (χ0) is 16.9. The van der Waals surface area contributed by atoms with Crippen molar-refractivity contribution in [1.82, 2.24) is 0 Å². The molecule has 1 N–H and O–H groups in total. The predicted octanol–water partition coefficient (Wildman–Crippen LogP) is 5.37. The van der Waals surface area contributed by atoms with Gasteiger partial charge in [-0.1, -0.05) is 31.4 Å². The number of allylic oxidation sites excluding steroid dienone is 3. The minimum absolute atomic E-state index is 0.157. The smallest absolute Gasteiger partial charge is 0.0959 e. The second-order valence-corrected chi connectivity index (χ2v) is 9.08. The molecular formula is C22H34O2. The zero-order valence-electron chi connectivity index (χ0n) is 15.7. The Morgan fingerprint density at radius 3 is 2.83 bits per heavy atom. The zero-order valence-corrected chi connectivity index (χ0v) is 15.7. The van der Waals surface area contributed by atoms with Crippen LogP contribution in [0.1, 0.15) is 78.1 Å². The molecule has 0 aromatic rings. The van der Waals surface area contributed by atoms with E-state index in [0.29, 0.717) is 0 Å². The van der Waals surface area contributed by atoms with Crippen molar-refractivity contribution in [3.05, 3.63) is 23.0 Å². The van der Waals surface area contributed by atoms with E-state index in [2.05, 4.69) is 19.9 Å². The van der Waals surface area contributed by atoms with Gasteiger partial charge in [-0.2, -0.15) is 0 Å². The molecule has 4 aliphatic carbocycles. The third kappa shape index (κ3) is 2.25. The van der Waals surface area contributed by atoms with Gasteiger partial charge in [-0.05, 0) is 80.6 Å². The molecular weight excluding hydrogens is 296 g/mol. The molecule has 0 spiro atoms. The van der Waals surface area contributed by atoms with E-state index in [1.165, 1.54) is 37.9 Å². The molecule has 0 aromatic heterocycles. The van der Waals surface area contributed by atoms with Crippen molar-refractivity contribution < 1.29 is 9.84 Å². The maximum Gasteiger partial charge on any atom is 0.0959 e. The van der Waals surface area contributed by atoms with Crippen LogP contribution in [0.2, 0.25) is 0 Å². The van der Waals surface area contributed by atoms with Crippen LogP contribution in [0.3, 0.4) is 0 Å². The lowest BCUT2D eigenvalue weighted by Gasteiger charge is -2.54. The summed E-state index contributed by atoms with van der Waals surface area (Å²) in [7, 11) is 1.81.